The number of rotatable bonds is 6. The number of nitrogens with one attached hydrogen (secondary N) is 1. The van der Waals surface area contributed by atoms with Crippen LogP contribution in [0.2, 0.25) is 0 Å². The summed E-state index contributed by atoms with van der Waals surface area (Å²) in [6.07, 6.45) is 2.54. The molecule has 0 saturated carbocycles. The van der Waals surface area contributed by atoms with Crippen LogP contribution < -0.4 is 11.1 Å². The van der Waals surface area contributed by atoms with Gasteiger partial charge < -0.3 is 11.1 Å². The predicted molar refractivity (Wildman–Crippen MR) is 50.6 cm³/mol. The Kier molecular flexibility index (Phi) is 6.57. The highest BCUT2D eigenvalue weighted by Crippen LogP contribution is 2.04. The Morgan fingerprint density at radius 2 is 2.00 bits per heavy atom. The third kappa shape index (κ3) is 6.32. The minimum atomic E-state index is 0.471. The van der Waals surface area contributed by atoms with E-state index < -0.39 is 0 Å². The Bertz CT molecular complexity index is 73.6. The minimum absolute atomic E-state index is 0.471. The Morgan fingerprint density at radius 1 is 1.36 bits per heavy atom. The summed E-state index contributed by atoms with van der Waals surface area (Å²) in [5.74, 6) is 0.840. The van der Waals surface area contributed by atoms with Crippen LogP contribution in [-0.4, -0.2) is 19.1 Å². The molecule has 2 heteroatoms. The molecule has 0 rings (SSSR count). The molecule has 0 aromatic rings. The normalized spacial score (nSPS) is 16.4. The van der Waals surface area contributed by atoms with Gasteiger partial charge in [-0.1, -0.05) is 20.3 Å². The van der Waals surface area contributed by atoms with Gasteiger partial charge in [-0.15, -0.1) is 0 Å². The van der Waals surface area contributed by atoms with Gasteiger partial charge in [0.25, 0.3) is 0 Å². The Labute approximate surface area is 70.5 Å². The molecule has 0 aliphatic carbocycles. The fraction of sp³-hybridized carbons (Fsp3) is 1.00. The second kappa shape index (κ2) is 6.62. The molecule has 0 spiro atoms. The maximum atomic E-state index is 5.46. The first-order valence-corrected chi connectivity index (χ1v) is 4.64. The van der Waals surface area contributed by atoms with Crippen LogP contribution in [-0.2, 0) is 0 Å². The first-order chi connectivity index (χ1) is 5.20. The fourth-order valence-corrected chi connectivity index (χ4v) is 0.864. The summed E-state index contributed by atoms with van der Waals surface area (Å²) in [6, 6.07) is 0.471. The van der Waals surface area contributed by atoms with E-state index in [0.717, 1.165) is 19.0 Å². The molecule has 2 nitrogen and oxygen atoms in total. The molecule has 11 heavy (non-hydrogen) atoms. The summed E-state index contributed by atoms with van der Waals surface area (Å²) in [5.41, 5.74) is 5.46. The Hall–Kier alpha value is -0.0800. The minimum Gasteiger partial charge on any atom is -0.329 e. The van der Waals surface area contributed by atoms with Crippen molar-refractivity contribution < 1.29 is 0 Å². The predicted octanol–water partition coefficient (Wildman–Crippen LogP) is 1.36. The molecular formula is C9H22N2. The van der Waals surface area contributed by atoms with E-state index in [1.165, 1.54) is 12.8 Å². The number of nitrogens with two attached hydrogens (primary N) is 1. The molecule has 68 valence electrons. The maximum absolute atomic E-state index is 5.46. The fourth-order valence-electron chi connectivity index (χ4n) is 0.864. The van der Waals surface area contributed by atoms with Crippen LogP contribution in [0.1, 0.15) is 33.6 Å². The molecule has 0 aliphatic rings. The van der Waals surface area contributed by atoms with Crippen LogP contribution in [0.15, 0.2) is 0 Å². The van der Waals surface area contributed by atoms with Gasteiger partial charge >= 0.3 is 0 Å². The molecule has 0 aromatic heterocycles. The van der Waals surface area contributed by atoms with Crippen molar-refractivity contribution in [2.45, 2.75) is 39.7 Å². The third-order valence-electron chi connectivity index (χ3n) is 2.18. The quantitative estimate of drug-likeness (QED) is 0.612. The standard InChI is InChI=1S/C9H22N2/c1-4-8(2)5-6-11-9(3)7-10/h8-9,11H,4-7,10H2,1-3H3. The van der Waals surface area contributed by atoms with Crippen LogP contribution in [0, 0.1) is 5.92 Å². The monoisotopic (exact) mass is 158 g/mol. The third-order valence-corrected chi connectivity index (χ3v) is 2.18. The molecule has 0 heterocycles. The van der Waals surface area contributed by atoms with E-state index in [2.05, 4.69) is 26.1 Å². The molecular weight excluding hydrogens is 136 g/mol. The van der Waals surface area contributed by atoms with Gasteiger partial charge in [0.05, 0.1) is 0 Å². The summed E-state index contributed by atoms with van der Waals surface area (Å²) in [7, 11) is 0. The van der Waals surface area contributed by atoms with Crippen LogP contribution >= 0.6 is 0 Å². The average molecular weight is 158 g/mol. The zero-order valence-electron chi connectivity index (χ0n) is 8.06. The molecule has 2 atom stereocenters. The van der Waals surface area contributed by atoms with Crippen molar-refractivity contribution in [2.75, 3.05) is 13.1 Å². The van der Waals surface area contributed by atoms with E-state index in [9.17, 15) is 0 Å². The van der Waals surface area contributed by atoms with Gasteiger partial charge in [-0.05, 0) is 25.8 Å². The van der Waals surface area contributed by atoms with Gasteiger partial charge in [-0.25, -0.2) is 0 Å². The van der Waals surface area contributed by atoms with Gasteiger partial charge in [0, 0.05) is 12.6 Å². The zero-order chi connectivity index (χ0) is 8.69. The van der Waals surface area contributed by atoms with Crippen molar-refractivity contribution >= 4 is 0 Å². The van der Waals surface area contributed by atoms with E-state index in [1.54, 1.807) is 0 Å². The lowest BCUT2D eigenvalue weighted by atomic mass is 10.1. The maximum Gasteiger partial charge on any atom is 0.0161 e. The second-order valence-corrected chi connectivity index (χ2v) is 3.39. The van der Waals surface area contributed by atoms with Gasteiger partial charge in [0.15, 0.2) is 0 Å². The van der Waals surface area contributed by atoms with Crippen LogP contribution in [0.3, 0.4) is 0 Å². The zero-order valence-corrected chi connectivity index (χ0v) is 8.06. The highest BCUT2D eigenvalue weighted by atomic mass is 14.9. The van der Waals surface area contributed by atoms with Crippen molar-refractivity contribution in [3.63, 3.8) is 0 Å². The highest BCUT2D eigenvalue weighted by Gasteiger charge is 2.00. The van der Waals surface area contributed by atoms with Gasteiger partial charge in [-0.3, -0.25) is 0 Å². The lowest BCUT2D eigenvalue weighted by molar-refractivity contribution is 0.460. The Morgan fingerprint density at radius 3 is 2.45 bits per heavy atom. The lowest BCUT2D eigenvalue weighted by Crippen LogP contribution is -2.34. The van der Waals surface area contributed by atoms with E-state index in [0.29, 0.717) is 6.04 Å². The first-order valence-electron chi connectivity index (χ1n) is 4.64. The summed E-state index contributed by atoms with van der Waals surface area (Å²) < 4.78 is 0. The Balaban J connectivity index is 3.13. The molecule has 0 bridgehead atoms. The van der Waals surface area contributed by atoms with Crippen molar-refractivity contribution in [3.8, 4) is 0 Å². The lowest BCUT2D eigenvalue weighted by Gasteiger charge is -2.13. The van der Waals surface area contributed by atoms with E-state index in [-0.39, 0.29) is 0 Å². The van der Waals surface area contributed by atoms with Crippen LogP contribution in [0.5, 0.6) is 0 Å². The van der Waals surface area contributed by atoms with Gasteiger partial charge in [0.2, 0.25) is 0 Å². The summed E-state index contributed by atoms with van der Waals surface area (Å²) in [5, 5.41) is 3.37. The molecule has 0 aliphatic heterocycles. The number of hydrogen-bond acceptors (Lipinski definition) is 2. The largest absolute Gasteiger partial charge is 0.329 e. The molecule has 2 unspecified atom stereocenters. The topological polar surface area (TPSA) is 38.0 Å². The van der Waals surface area contributed by atoms with Crippen molar-refractivity contribution in [1.29, 1.82) is 0 Å². The van der Waals surface area contributed by atoms with Crippen molar-refractivity contribution in [3.05, 3.63) is 0 Å². The molecule has 0 fully saturated rings. The molecule has 0 aromatic carbocycles. The molecule has 0 radical (unpaired) electrons. The average Bonchev–Trinajstić information content (AvgIpc) is 2.04. The van der Waals surface area contributed by atoms with E-state index in [1.807, 2.05) is 0 Å². The highest BCUT2D eigenvalue weighted by molar-refractivity contribution is 4.61. The van der Waals surface area contributed by atoms with E-state index in [4.69, 9.17) is 5.73 Å². The van der Waals surface area contributed by atoms with Crippen molar-refractivity contribution in [1.82, 2.24) is 5.32 Å². The summed E-state index contributed by atoms with van der Waals surface area (Å²) in [4.78, 5) is 0. The molecule has 0 saturated heterocycles. The van der Waals surface area contributed by atoms with Crippen molar-refractivity contribution in [2.24, 2.45) is 11.7 Å². The number of hydrogen-bond donors (Lipinski definition) is 2. The SMILES string of the molecule is CCC(C)CCNC(C)CN. The van der Waals surface area contributed by atoms with E-state index >= 15 is 0 Å². The summed E-state index contributed by atoms with van der Waals surface area (Å²) in [6.45, 7) is 8.48. The second-order valence-electron chi connectivity index (χ2n) is 3.39. The molecule has 3 N–H and O–H groups in total. The molecule has 0 amide bonds. The smallest absolute Gasteiger partial charge is 0.0161 e. The van der Waals surface area contributed by atoms with Gasteiger partial charge in [0.1, 0.15) is 0 Å². The van der Waals surface area contributed by atoms with Crippen LogP contribution in [0.4, 0.5) is 0 Å². The van der Waals surface area contributed by atoms with Gasteiger partial charge in [-0.2, -0.15) is 0 Å². The van der Waals surface area contributed by atoms with Crippen LogP contribution in [0.25, 0.3) is 0 Å². The summed E-state index contributed by atoms with van der Waals surface area (Å²) >= 11 is 0. The first kappa shape index (κ1) is 10.9.